The maximum absolute atomic E-state index is 12.8. The summed E-state index contributed by atoms with van der Waals surface area (Å²) in [6.07, 6.45) is 2.01. The molecule has 1 aromatic heterocycles. The quantitative estimate of drug-likeness (QED) is 0.524. The van der Waals surface area contributed by atoms with E-state index in [9.17, 15) is 9.59 Å². The number of carbonyl (C=O) groups excluding carboxylic acids is 2. The Morgan fingerprint density at radius 3 is 2.29 bits per heavy atom. The molecule has 0 bridgehead atoms. The first kappa shape index (κ1) is 22.3. The smallest absolute Gasteiger partial charge is 0.225 e. The van der Waals surface area contributed by atoms with Crippen LogP contribution >= 0.6 is 0 Å². The predicted octanol–water partition coefficient (Wildman–Crippen LogP) is 4.79. The van der Waals surface area contributed by atoms with Crippen molar-refractivity contribution >= 4 is 17.6 Å². The highest BCUT2D eigenvalue weighted by atomic mass is 16.2. The third-order valence-electron chi connectivity index (χ3n) is 5.04. The van der Waals surface area contributed by atoms with Crippen molar-refractivity contribution in [3.8, 4) is 16.8 Å². The van der Waals surface area contributed by atoms with Crippen molar-refractivity contribution in [2.45, 2.75) is 46.5 Å². The molecule has 1 heterocycles. The van der Waals surface area contributed by atoms with Gasteiger partial charge in [0, 0.05) is 24.9 Å². The molecule has 2 aromatic carbocycles. The van der Waals surface area contributed by atoms with Crippen molar-refractivity contribution in [2.75, 3.05) is 11.9 Å². The molecule has 0 radical (unpaired) electrons. The van der Waals surface area contributed by atoms with E-state index in [0.29, 0.717) is 25.2 Å². The van der Waals surface area contributed by atoms with Crippen LogP contribution in [0.4, 0.5) is 5.82 Å². The van der Waals surface area contributed by atoms with Crippen LogP contribution in [0, 0.1) is 13.8 Å². The lowest BCUT2D eigenvalue weighted by atomic mass is 10.1. The molecule has 6 heteroatoms. The Kier molecular flexibility index (Phi) is 7.60. The molecule has 2 N–H and O–H groups in total. The highest BCUT2D eigenvalue weighted by Gasteiger charge is 2.20. The van der Waals surface area contributed by atoms with E-state index in [1.807, 2.05) is 75.4 Å². The largest absolute Gasteiger partial charge is 0.356 e. The van der Waals surface area contributed by atoms with Crippen LogP contribution in [0.2, 0.25) is 0 Å². The SMILES string of the molecule is CCCNC(=O)CCCC(=O)Nc1c(-c2ccccc2)c(C)nn1-c1ccc(C)cc1. The Labute approximate surface area is 183 Å². The molecule has 3 aromatic rings. The number of aryl methyl sites for hydroxylation is 2. The van der Waals surface area contributed by atoms with Gasteiger partial charge in [-0.15, -0.1) is 0 Å². The van der Waals surface area contributed by atoms with Gasteiger partial charge in [0.05, 0.1) is 11.4 Å². The van der Waals surface area contributed by atoms with Gasteiger partial charge in [-0.25, -0.2) is 4.68 Å². The second-order valence-electron chi connectivity index (χ2n) is 7.67. The van der Waals surface area contributed by atoms with Crippen molar-refractivity contribution in [1.82, 2.24) is 15.1 Å². The molecule has 0 unspecified atom stereocenters. The first-order valence-corrected chi connectivity index (χ1v) is 10.8. The molecule has 0 saturated heterocycles. The van der Waals surface area contributed by atoms with Crippen LogP contribution in [0.5, 0.6) is 0 Å². The Morgan fingerprint density at radius 2 is 1.61 bits per heavy atom. The van der Waals surface area contributed by atoms with Gasteiger partial charge in [-0.05, 0) is 44.4 Å². The zero-order valence-electron chi connectivity index (χ0n) is 18.4. The lowest BCUT2D eigenvalue weighted by molar-refractivity contribution is -0.121. The third-order valence-corrected chi connectivity index (χ3v) is 5.04. The van der Waals surface area contributed by atoms with Gasteiger partial charge < -0.3 is 10.6 Å². The van der Waals surface area contributed by atoms with Crippen molar-refractivity contribution in [1.29, 1.82) is 0 Å². The number of nitrogens with one attached hydrogen (secondary N) is 2. The molecule has 0 aliphatic rings. The molecule has 0 aliphatic carbocycles. The number of aromatic nitrogens is 2. The number of carbonyl (C=O) groups is 2. The number of hydrogen-bond acceptors (Lipinski definition) is 3. The number of nitrogens with zero attached hydrogens (tertiary/aromatic N) is 2. The van der Waals surface area contributed by atoms with Crippen LogP contribution < -0.4 is 10.6 Å². The van der Waals surface area contributed by atoms with E-state index >= 15 is 0 Å². The normalized spacial score (nSPS) is 10.7. The van der Waals surface area contributed by atoms with E-state index < -0.39 is 0 Å². The lowest BCUT2D eigenvalue weighted by Gasteiger charge is -2.12. The highest BCUT2D eigenvalue weighted by Crippen LogP contribution is 2.33. The zero-order valence-corrected chi connectivity index (χ0v) is 18.4. The molecular formula is C25H30N4O2. The average Bonchev–Trinajstić information content (AvgIpc) is 3.09. The van der Waals surface area contributed by atoms with E-state index in [-0.39, 0.29) is 18.2 Å². The summed E-state index contributed by atoms with van der Waals surface area (Å²) in [6.45, 7) is 6.66. The number of benzene rings is 2. The second-order valence-corrected chi connectivity index (χ2v) is 7.67. The minimum Gasteiger partial charge on any atom is -0.356 e. The van der Waals surface area contributed by atoms with Crippen LogP contribution in [-0.2, 0) is 9.59 Å². The number of rotatable bonds is 9. The van der Waals surface area contributed by atoms with Crippen LogP contribution in [-0.4, -0.2) is 28.1 Å². The monoisotopic (exact) mass is 418 g/mol. The topological polar surface area (TPSA) is 76.0 Å². The maximum atomic E-state index is 12.8. The van der Waals surface area contributed by atoms with E-state index in [1.165, 1.54) is 0 Å². The third kappa shape index (κ3) is 5.81. The highest BCUT2D eigenvalue weighted by molar-refractivity contribution is 5.95. The molecule has 0 saturated carbocycles. The van der Waals surface area contributed by atoms with Gasteiger partial charge in [-0.2, -0.15) is 5.10 Å². The fourth-order valence-electron chi connectivity index (χ4n) is 3.42. The number of anilines is 1. The fourth-order valence-corrected chi connectivity index (χ4v) is 3.42. The van der Waals surface area contributed by atoms with E-state index in [0.717, 1.165) is 34.5 Å². The molecule has 0 fully saturated rings. The van der Waals surface area contributed by atoms with E-state index in [1.54, 1.807) is 4.68 Å². The molecule has 0 aliphatic heterocycles. The average molecular weight is 419 g/mol. The summed E-state index contributed by atoms with van der Waals surface area (Å²) < 4.78 is 1.78. The van der Waals surface area contributed by atoms with Gasteiger partial charge in [0.15, 0.2) is 0 Å². The maximum Gasteiger partial charge on any atom is 0.225 e. The Hall–Kier alpha value is -3.41. The first-order chi connectivity index (χ1) is 15.0. The second kappa shape index (κ2) is 10.6. The van der Waals surface area contributed by atoms with E-state index in [2.05, 4.69) is 10.6 Å². The first-order valence-electron chi connectivity index (χ1n) is 10.8. The summed E-state index contributed by atoms with van der Waals surface area (Å²) in [7, 11) is 0. The van der Waals surface area contributed by atoms with Crippen LogP contribution in [0.15, 0.2) is 54.6 Å². The molecule has 6 nitrogen and oxygen atoms in total. The Morgan fingerprint density at radius 1 is 0.935 bits per heavy atom. The van der Waals surface area contributed by atoms with Gasteiger partial charge in [0.25, 0.3) is 0 Å². The summed E-state index contributed by atoms with van der Waals surface area (Å²) in [6, 6.07) is 18.0. The van der Waals surface area contributed by atoms with Gasteiger partial charge in [0.1, 0.15) is 5.82 Å². The summed E-state index contributed by atoms with van der Waals surface area (Å²) in [5, 5.41) is 10.6. The summed E-state index contributed by atoms with van der Waals surface area (Å²) >= 11 is 0. The minimum atomic E-state index is -0.131. The lowest BCUT2D eigenvalue weighted by Crippen LogP contribution is -2.24. The molecule has 0 atom stereocenters. The molecule has 162 valence electrons. The molecular weight excluding hydrogens is 388 g/mol. The van der Waals surface area contributed by atoms with Crippen molar-refractivity contribution in [3.63, 3.8) is 0 Å². The van der Waals surface area contributed by atoms with Crippen LogP contribution in [0.3, 0.4) is 0 Å². The molecule has 0 spiro atoms. The van der Waals surface area contributed by atoms with Crippen LogP contribution in [0.25, 0.3) is 16.8 Å². The van der Waals surface area contributed by atoms with Gasteiger partial charge in [-0.3, -0.25) is 9.59 Å². The van der Waals surface area contributed by atoms with Gasteiger partial charge in [0.2, 0.25) is 11.8 Å². The summed E-state index contributed by atoms with van der Waals surface area (Å²) in [5.74, 6) is 0.502. The van der Waals surface area contributed by atoms with Crippen LogP contribution in [0.1, 0.15) is 43.9 Å². The summed E-state index contributed by atoms with van der Waals surface area (Å²) in [4.78, 5) is 24.5. The molecule has 2 amide bonds. The Balaban J connectivity index is 1.84. The predicted molar refractivity (Wildman–Crippen MR) is 124 cm³/mol. The van der Waals surface area contributed by atoms with E-state index in [4.69, 9.17) is 5.10 Å². The number of amides is 2. The van der Waals surface area contributed by atoms with Gasteiger partial charge in [-0.1, -0.05) is 55.0 Å². The van der Waals surface area contributed by atoms with Crippen molar-refractivity contribution in [3.05, 3.63) is 65.9 Å². The van der Waals surface area contributed by atoms with Gasteiger partial charge >= 0.3 is 0 Å². The van der Waals surface area contributed by atoms with Crippen molar-refractivity contribution in [2.24, 2.45) is 0 Å². The molecule has 3 rings (SSSR count). The fraction of sp³-hybridized carbons (Fsp3) is 0.320. The zero-order chi connectivity index (χ0) is 22.2. The minimum absolute atomic E-state index is 0.0137. The number of hydrogen-bond donors (Lipinski definition) is 2. The Bertz CT molecular complexity index is 1020. The van der Waals surface area contributed by atoms with Crippen molar-refractivity contribution < 1.29 is 9.59 Å². The molecule has 31 heavy (non-hydrogen) atoms. The standard InChI is InChI=1S/C25H30N4O2/c1-4-17-26-22(30)11-8-12-23(31)27-25-24(20-9-6-5-7-10-20)19(3)28-29(25)21-15-13-18(2)14-16-21/h5-7,9-10,13-16H,4,8,11-12,17H2,1-3H3,(H,26,30)(H,27,31). The summed E-state index contributed by atoms with van der Waals surface area (Å²) in [5.41, 5.74) is 4.76.